The maximum Gasteiger partial charge on any atom is 0.307 e. The molecule has 4 heteroatoms. The fourth-order valence-electron chi connectivity index (χ4n) is 0.853. The van der Waals surface area contributed by atoms with Crippen LogP contribution in [0.1, 0.15) is 20.3 Å². The van der Waals surface area contributed by atoms with Gasteiger partial charge in [-0.1, -0.05) is 0 Å². The van der Waals surface area contributed by atoms with E-state index < -0.39 is 0 Å². The lowest BCUT2D eigenvalue weighted by Gasteiger charge is -2.11. The predicted octanol–water partition coefficient (Wildman–Crippen LogP) is -0.0900. The van der Waals surface area contributed by atoms with Gasteiger partial charge < -0.3 is 15.2 Å². The normalized spacial score (nSPS) is 12.6. The molecule has 2 N–H and O–H groups in total. The van der Waals surface area contributed by atoms with Crippen LogP contribution in [0.2, 0.25) is 0 Å². The van der Waals surface area contributed by atoms with Crippen LogP contribution in [0.15, 0.2) is 0 Å². The van der Waals surface area contributed by atoms with E-state index in [0.717, 1.165) is 0 Å². The lowest BCUT2D eigenvalue weighted by Crippen LogP contribution is -2.31. The fraction of sp³-hybridized carbons (Fsp3) is 0.875. The monoisotopic (exact) mass is 175 g/mol. The Morgan fingerprint density at radius 2 is 2.33 bits per heavy atom. The maximum absolute atomic E-state index is 10.9. The van der Waals surface area contributed by atoms with Crippen molar-refractivity contribution in [3.8, 4) is 0 Å². The molecule has 1 unspecified atom stereocenters. The molecular weight excluding hydrogens is 158 g/mol. The highest BCUT2D eigenvalue weighted by atomic mass is 16.5. The van der Waals surface area contributed by atoms with Crippen molar-refractivity contribution in [1.82, 2.24) is 5.32 Å². The zero-order chi connectivity index (χ0) is 9.40. The summed E-state index contributed by atoms with van der Waals surface area (Å²) >= 11 is 0. The van der Waals surface area contributed by atoms with Crippen molar-refractivity contribution in [2.45, 2.75) is 26.3 Å². The lowest BCUT2D eigenvalue weighted by atomic mass is 10.2. The molecule has 0 aliphatic carbocycles. The van der Waals surface area contributed by atoms with E-state index >= 15 is 0 Å². The minimum absolute atomic E-state index is 0.0659. The molecule has 0 heterocycles. The van der Waals surface area contributed by atoms with Gasteiger partial charge in [-0.15, -0.1) is 0 Å². The second-order valence-corrected chi connectivity index (χ2v) is 2.59. The van der Waals surface area contributed by atoms with E-state index in [9.17, 15) is 4.79 Å². The summed E-state index contributed by atoms with van der Waals surface area (Å²) in [5, 5.41) is 11.4. The minimum atomic E-state index is -0.199. The highest BCUT2D eigenvalue weighted by molar-refractivity contribution is 5.69. The predicted molar refractivity (Wildman–Crippen MR) is 45.8 cm³/mol. The Labute approximate surface area is 72.9 Å². The van der Waals surface area contributed by atoms with Crippen LogP contribution in [-0.2, 0) is 9.53 Å². The number of aliphatic hydroxyl groups is 1. The third-order valence-electron chi connectivity index (χ3n) is 1.38. The Kier molecular flexibility index (Phi) is 6.70. The van der Waals surface area contributed by atoms with Gasteiger partial charge in [0.15, 0.2) is 0 Å². The Hall–Kier alpha value is -0.610. The molecule has 0 radical (unpaired) electrons. The van der Waals surface area contributed by atoms with Crippen molar-refractivity contribution >= 4 is 5.97 Å². The average Bonchev–Trinajstić information content (AvgIpc) is 2.01. The third-order valence-corrected chi connectivity index (χ3v) is 1.38. The van der Waals surface area contributed by atoms with Gasteiger partial charge in [-0.2, -0.15) is 0 Å². The van der Waals surface area contributed by atoms with Crippen LogP contribution in [-0.4, -0.2) is 36.9 Å². The first-order valence-electron chi connectivity index (χ1n) is 4.20. The number of ether oxygens (including phenoxy) is 1. The molecule has 0 aromatic rings. The highest BCUT2D eigenvalue weighted by Crippen LogP contribution is 1.92. The highest BCUT2D eigenvalue weighted by Gasteiger charge is 2.07. The van der Waals surface area contributed by atoms with Crippen LogP contribution in [0, 0.1) is 0 Å². The molecule has 0 spiro atoms. The topological polar surface area (TPSA) is 58.6 Å². The van der Waals surface area contributed by atoms with Crippen molar-refractivity contribution in [2.75, 3.05) is 19.8 Å². The Morgan fingerprint density at radius 1 is 1.67 bits per heavy atom. The van der Waals surface area contributed by atoms with Crippen LogP contribution in [0.25, 0.3) is 0 Å². The Bertz CT molecular complexity index is 127. The van der Waals surface area contributed by atoms with Crippen LogP contribution < -0.4 is 5.32 Å². The van der Waals surface area contributed by atoms with Gasteiger partial charge >= 0.3 is 5.97 Å². The molecule has 0 saturated heterocycles. The zero-order valence-corrected chi connectivity index (χ0v) is 7.67. The van der Waals surface area contributed by atoms with Gasteiger partial charge in [0.25, 0.3) is 0 Å². The fourth-order valence-corrected chi connectivity index (χ4v) is 0.853. The van der Waals surface area contributed by atoms with Gasteiger partial charge in [0.1, 0.15) is 0 Å². The zero-order valence-electron chi connectivity index (χ0n) is 7.67. The molecule has 12 heavy (non-hydrogen) atoms. The molecule has 0 aliphatic rings. The van der Waals surface area contributed by atoms with Gasteiger partial charge in [-0.05, 0) is 13.8 Å². The quantitative estimate of drug-likeness (QED) is 0.554. The third kappa shape index (κ3) is 6.12. The molecule has 4 nitrogen and oxygen atoms in total. The van der Waals surface area contributed by atoms with Gasteiger partial charge in [-0.3, -0.25) is 4.79 Å². The van der Waals surface area contributed by atoms with E-state index in [2.05, 4.69) is 5.32 Å². The van der Waals surface area contributed by atoms with Crippen LogP contribution in [0.5, 0.6) is 0 Å². The molecule has 0 saturated carbocycles. The van der Waals surface area contributed by atoms with Gasteiger partial charge in [0.05, 0.1) is 19.6 Å². The second-order valence-electron chi connectivity index (χ2n) is 2.59. The smallest absolute Gasteiger partial charge is 0.307 e. The summed E-state index contributed by atoms with van der Waals surface area (Å²) in [7, 11) is 0. The number of rotatable bonds is 6. The molecular formula is C8H17NO3. The first-order valence-corrected chi connectivity index (χ1v) is 4.20. The number of hydrogen-bond acceptors (Lipinski definition) is 4. The summed E-state index contributed by atoms with van der Waals surface area (Å²) in [6, 6.07) is 0.0659. The van der Waals surface area contributed by atoms with Crippen molar-refractivity contribution in [2.24, 2.45) is 0 Å². The SMILES string of the molecule is CCOC(=O)CC(C)NCCO. The van der Waals surface area contributed by atoms with Gasteiger partial charge in [-0.25, -0.2) is 0 Å². The average molecular weight is 175 g/mol. The van der Waals surface area contributed by atoms with Gasteiger partial charge in [0.2, 0.25) is 0 Å². The number of carbonyl (C=O) groups is 1. The first kappa shape index (κ1) is 11.4. The van der Waals surface area contributed by atoms with E-state index in [-0.39, 0.29) is 18.6 Å². The number of aliphatic hydroxyl groups excluding tert-OH is 1. The minimum Gasteiger partial charge on any atom is -0.466 e. The Balaban J connectivity index is 3.40. The summed E-state index contributed by atoms with van der Waals surface area (Å²) in [6.45, 7) is 4.69. The summed E-state index contributed by atoms with van der Waals surface area (Å²) in [4.78, 5) is 10.9. The van der Waals surface area contributed by atoms with E-state index in [0.29, 0.717) is 19.6 Å². The summed E-state index contributed by atoms with van der Waals surface area (Å²) < 4.78 is 4.75. The standard InChI is InChI=1S/C8H17NO3/c1-3-12-8(11)6-7(2)9-4-5-10/h7,9-10H,3-6H2,1-2H3. The van der Waals surface area contributed by atoms with Gasteiger partial charge in [0, 0.05) is 12.6 Å². The van der Waals surface area contributed by atoms with Crippen molar-refractivity contribution in [1.29, 1.82) is 0 Å². The lowest BCUT2D eigenvalue weighted by molar-refractivity contribution is -0.143. The van der Waals surface area contributed by atoms with Crippen molar-refractivity contribution in [3.63, 3.8) is 0 Å². The molecule has 1 atom stereocenters. The van der Waals surface area contributed by atoms with E-state index in [1.54, 1.807) is 6.92 Å². The summed E-state index contributed by atoms with van der Waals surface area (Å²) in [5.41, 5.74) is 0. The molecule has 0 amide bonds. The van der Waals surface area contributed by atoms with E-state index in [1.165, 1.54) is 0 Å². The molecule has 0 bridgehead atoms. The number of nitrogens with one attached hydrogen (secondary N) is 1. The molecule has 0 fully saturated rings. The molecule has 72 valence electrons. The molecule has 0 aliphatic heterocycles. The van der Waals surface area contributed by atoms with Crippen LogP contribution in [0.3, 0.4) is 0 Å². The number of hydrogen-bond donors (Lipinski definition) is 2. The van der Waals surface area contributed by atoms with Crippen LogP contribution in [0.4, 0.5) is 0 Å². The van der Waals surface area contributed by atoms with Crippen molar-refractivity contribution in [3.05, 3.63) is 0 Å². The first-order chi connectivity index (χ1) is 5.70. The van der Waals surface area contributed by atoms with Crippen molar-refractivity contribution < 1.29 is 14.6 Å². The Morgan fingerprint density at radius 3 is 2.83 bits per heavy atom. The molecule has 0 aromatic carbocycles. The second kappa shape index (κ2) is 7.06. The summed E-state index contributed by atoms with van der Waals surface area (Å²) in [6.07, 6.45) is 0.355. The van der Waals surface area contributed by atoms with Crippen LogP contribution >= 0.6 is 0 Å². The van der Waals surface area contributed by atoms with E-state index in [1.807, 2.05) is 6.92 Å². The molecule has 0 aromatic heterocycles. The largest absolute Gasteiger partial charge is 0.466 e. The van der Waals surface area contributed by atoms with E-state index in [4.69, 9.17) is 9.84 Å². The summed E-state index contributed by atoms with van der Waals surface area (Å²) in [5.74, 6) is -0.199. The maximum atomic E-state index is 10.9. The molecule has 0 rings (SSSR count). The number of esters is 1. The number of carbonyl (C=O) groups excluding carboxylic acids is 1.